The van der Waals surface area contributed by atoms with E-state index >= 15 is 0 Å². The van der Waals surface area contributed by atoms with Crippen molar-refractivity contribution >= 4 is 23.2 Å². The molecule has 106 valence electrons. The van der Waals surface area contributed by atoms with Crippen LogP contribution < -0.4 is 5.32 Å². The molecule has 0 amide bonds. The van der Waals surface area contributed by atoms with E-state index in [2.05, 4.69) is 5.32 Å². The number of hydrogen-bond donors (Lipinski definition) is 3. The second-order valence-corrected chi connectivity index (χ2v) is 5.43. The molecule has 0 fully saturated rings. The van der Waals surface area contributed by atoms with E-state index in [1.165, 1.54) is 12.1 Å². The highest BCUT2D eigenvalue weighted by molar-refractivity contribution is 6.35. The van der Waals surface area contributed by atoms with Crippen LogP contribution in [-0.2, 0) is 6.54 Å². The van der Waals surface area contributed by atoms with Crippen molar-refractivity contribution in [2.75, 3.05) is 0 Å². The van der Waals surface area contributed by atoms with Gasteiger partial charge in [0, 0.05) is 34.3 Å². The van der Waals surface area contributed by atoms with Gasteiger partial charge in [0.25, 0.3) is 0 Å². The van der Waals surface area contributed by atoms with Crippen molar-refractivity contribution in [3.05, 3.63) is 57.6 Å². The minimum absolute atomic E-state index is 0.00738. The summed E-state index contributed by atoms with van der Waals surface area (Å²) in [6.07, 6.45) is 0. The molecule has 0 heterocycles. The predicted molar refractivity (Wildman–Crippen MR) is 81.5 cm³/mol. The third kappa shape index (κ3) is 3.57. The van der Waals surface area contributed by atoms with Crippen molar-refractivity contribution in [1.29, 1.82) is 0 Å². The van der Waals surface area contributed by atoms with Crippen molar-refractivity contribution in [1.82, 2.24) is 5.32 Å². The normalized spacial score (nSPS) is 12.3. The van der Waals surface area contributed by atoms with Gasteiger partial charge in [-0.2, -0.15) is 0 Å². The van der Waals surface area contributed by atoms with Crippen LogP contribution in [-0.4, -0.2) is 10.2 Å². The molecule has 3 N–H and O–H groups in total. The zero-order valence-electron chi connectivity index (χ0n) is 10.9. The maximum absolute atomic E-state index is 9.72. The van der Waals surface area contributed by atoms with Crippen LogP contribution in [0.5, 0.6) is 11.5 Å². The Balaban J connectivity index is 2.06. The number of rotatable bonds is 4. The minimum atomic E-state index is 0.00738. The Labute approximate surface area is 127 Å². The zero-order chi connectivity index (χ0) is 14.7. The smallest absolute Gasteiger partial charge is 0.123 e. The highest BCUT2D eigenvalue weighted by Gasteiger charge is 2.11. The van der Waals surface area contributed by atoms with Gasteiger partial charge in [-0.3, -0.25) is 0 Å². The van der Waals surface area contributed by atoms with Gasteiger partial charge in [0.2, 0.25) is 0 Å². The average molecular weight is 312 g/mol. The Morgan fingerprint density at radius 3 is 2.50 bits per heavy atom. The van der Waals surface area contributed by atoms with Crippen molar-refractivity contribution in [2.45, 2.75) is 19.5 Å². The summed E-state index contributed by atoms with van der Waals surface area (Å²) in [5, 5.41) is 23.4. The Morgan fingerprint density at radius 2 is 1.85 bits per heavy atom. The van der Waals surface area contributed by atoms with E-state index in [0.717, 1.165) is 5.56 Å². The van der Waals surface area contributed by atoms with E-state index in [9.17, 15) is 10.2 Å². The fourth-order valence-corrected chi connectivity index (χ4v) is 2.50. The Kier molecular flexibility index (Phi) is 4.76. The quantitative estimate of drug-likeness (QED) is 0.791. The molecule has 0 aromatic heterocycles. The minimum Gasteiger partial charge on any atom is -0.508 e. The Morgan fingerprint density at radius 1 is 1.10 bits per heavy atom. The van der Waals surface area contributed by atoms with Crippen molar-refractivity contribution in [2.24, 2.45) is 0 Å². The molecule has 0 aliphatic carbocycles. The molecule has 0 radical (unpaired) electrons. The highest BCUT2D eigenvalue weighted by atomic mass is 35.5. The lowest BCUT2D eigenvalue weighted by molar-refractivity contribution is 0.441. The lowest BCUT2D eigenvalue weighted by atomic mass is 10.1. The maximum atomic E-state index is 9.72. The first-order chi connectivity index (χ1) is 9.47. The van der Waals surface area contributed by atoms with Crippen LogP contribution in [0, 0.1) is 0 Å². The van der Waals surface area contributed by atoms with Gasteiger partial charge in [0.05, 0.1) is 0 Å². The van der Waals surface area contributed by atoms with Crippen LogP contribution >= 0.6 is 23.2 Å². The van der Waals surface area contributed by atoms with Gasteiger partial charge in [-0.25, -0.2) is 0 Å². The molecule has 0 aliphatic heterocycles. The van der Waals surface area contributed by atoms with Gasteiger partial charge in [-0.15, -0.1) is 0 Å². The molecule has 20 heavy (non-hydrogen) atoms. The molecule has 5 heteroatoms. The topological polar surface area (TPSA) is 52.5 Å². The molecule has 1 atom stereocenters. The number of phenols is 2. The number of benzene rings is 2. The lowest BCUT2D eigenvalue weighted by Crippen LogP contribution is -2.18. The van der Waals surface area contributed by atoms with E-state index in [0.29, 0.717) is 22.2 Å². The third-order valence-corrected chi connectivity index (χ3v) is 3.66. The number of phenolic OH excluding ortho intramolecular Hbond substituents is 2. The molecule has 1 unspecified atom stereocenters. The molecule has 2 aromatic rings. The summed E-state index contributed by atoms with van der Waals surface area (Å²) in [7, 11) is 0. The van der Waals surface area contributed by atoms with Crippen LogP contribution in [0.15, 0.2) is 36.4 Å². The third-order valence-electron chi connectivity index (χ3n) is 3.10. The molecule has 0 saturated heterocycles. The van der Waals surface area contributed by atoms with Crippen LogP contribution in [0.4, 0.5) is 0 Å². The summed E-state index contributed by atoms with van der Waals surface area (Å²) in [5.74, 6) is 0.104. The van der Waals surface area contributed by atoms with Crippen LogP contribution in [0.2, 0.25) is 10.0 Å². The first-order valence-electron chi connectivity index (χ1n) is 6.16. The number of halogens is 2. The van der Waals surface area contributed by atoms with Crippen molar-refractivity contribution in [3.8, 4) is 11.5 Å². The van der Waals surface area contributed by atoms with Crippen LogP contribution in [0.3, 0.4) is 0 Å². The second-order valence-electron chi connectivity index (χ2n) is 4.58. The molecule has 2 rings (SSSR count). The fourth-order valence-electron chi connectivity index (χ4n) is 1.93. The standard InChI is InChI=1S/C15H15Cl2NO2/c1-9(13-5-3-11(16)6-14(13)17)18-8-10-2-4-12(19)7-15(10)20/h2-7,9,18-20H,8H2,1H3. The second kappa shape index (κ2) is 6.35. The van der Waals surface area contributed by atoms with Gasteiger partial charge < -0.3 is 15.5 Å². The summed E-state index contributed by atoms with van der Waals surface area (Å²) < 4.78 is 0. The summed E-state index contributed by atoms with van der Waals surface area (Å²) in [5.41, 5.74) is 1.65. The number of aromatic hydroxyl groups is 2. The first kappa shape index (κ1) is 15.0. The van der Waals surface area contributed by atoms with Crippen molar-refractivity contribution in [3.63, 3.8) is 0 Å². The molecule has 2 aromatic carbocycles. The van der Waals surface area contributed by atoms with Crippen LogP contribution in [0.25, 0.3) is 0 Å². The van der Waals surface area contributed by atoms with E-state index < -0.39 is 0 Å². The Hall–Kier alpha value is -1.42. The Bertz CT molecular complexity index is 617. The SMILES string of the molecule is CC(NCc1ccc(O)cc1O)c1ccc(Cl)cc1Cl. The van der Waals surface area contributed by atoms with Gasteiger partial charge in [-0.1, -0.05) is 35.3 Å². The van der Waals surface area contributed by atoms with Gasteiger partial charge >= 0.3 is 0 Å². The average Bonchev–Trinajstić information content (AvgIpc) is 2.37. The maximum Gasteiger partial charge on any atom is 0.123 e. The van der Waals surface area contributed by atoms with E-state index in [1.54, 1.807) is 18.2 Å². The molecular formula is C15H15Cl2NO2. The monoisotopic (exact) mass is 311 g/mol. The van der Waals surface area contributed by atoms with Gasteiger partial charge in [-0.05, 0) is 30.7 Å². The van der Waals surface area contributed by atoms with E-state index in [-0.39, 0.29) is 17.5 Å². The molecule has 3 nitrogen and oxygen atoms in total. The molecular weight excluding hydrogens is 297 g/mol. The zero-order valence-corrected chi connectivity index (χ0v) is 12.4. The van der Waals surface area contributed by atoms with E-state index in [4.69, 9.17) is 23.2 Å². The van der Waals surface area contributed by atoms with Crippen molar-refractivity contribution < 1.29 is 10.2 Å². The van der Waals surface area contributed by atoms with Crippen LogP contribution in [0.1, 0.15) is 24.1 Å². The molecule has 0 spiro atoms. The van der Waals surface area contributed by atoms with Gasteiger partial charge in [0.1, 0.15) is 11.5 Å². The van der Waals surface area contributed by atoms with Gasteiger partial charge in [0.15, 0.2) is 0 Å². The molecule has 0 aliphatic rings. The molecule has 0 saturated carbocycles. The molecule has 0 bridgehead atoms. The summed E-state index contributed by atoms with van der Waals surface area (Å²) in [6.45, 7) is 2.44. The highest BCUT2D eigenvalue weighted by Crippen LogP contribution is 2.27. The fraction of sp³-hybridized carbons (Fsp3) is 0.200. The van der Waals surface area contributed by atoms with E-state index in [1.807, 2.05) is 13.0 Å². The number of hydrogen-bond acceptors (Lipinski definition) is 3. The lowest BCUT2D eigenvalue weighted by Gasteiger charge is -2.16. The first-order valence-corrected chi connectivity index (χ1v) is 6.92. The largest absolute Gasteiger partial charge is 0.508 e. The number of nitrogens with one attached hydrogen (secondary N) is 1. The summed E-state index contributed by atoms with van der Waals surface area (Å²) in [4.78, 5) is 0. The summed E-state index contributed by atoms with van der Waals surface area (Å²) in [6, 6.07) is 9.90. The predicted octanol–water partition coefficient (Wildman–Crippen LogP) is 4.26. The summed E-state index contributed by atoms with van der Waals surface area (Å²) >= 11 is 12.0.